The molecular weight excluding hydrogens is 534 g/mol. The molecule has 42 heavy (non-hydrogen) atoms. The summed E-state index contributed by atoms with van der Waals surface area (Å²) in [6.07, 6.45) is 14.8. The van der Waals surface area contributed by atoms with Crippen LogP contribution in [0.2, 0.25) is 0 Å². The molecule has 4 aliphatic carbocycles. The van der Waals surface area contributed by atoms with Gasteiger partial charge in [0.2, 0.25) is 5.95 Å². The summed E-state index contributed by atoms with van der Waals surface area (Å²) in [4.78, 5) is 26.3. The lowest BCUT2D eigenvalue weighted by Crippen LogP contribution is -2.52. The molecule has 4 fully saturated rings. The summed E-state index contributed by atoms with van der Waals surface area (Å²) < 4.78 is 14.9. The number of anilines is 4. The van der Waals surface area contributed by atoms with Crippen molar-refractivity contribution in [3.63, 3.8) is 0 Å². The molecule has 1 aromatic carbocycles. The standard InChI is InChI=1S/C30H35N9O3/c1-4-42-28(40)23-15-31-29(34-21-14-33-39(16-21)30-11-18-8-19(12-30)10-20(9-18)13-30)36-27(23)35-24-7-5-6-22(25(24)41-3)26-32-17-38(2)37-26/h5-7,14-20H,4,8-13H2,1-3H3,(H2,31,34,35,36). The molecule has 0 radical (unpaired) electrons. The van der Waals surface area contributed by atoms with E-state index in [1.165, 1.54) is 44.7 Å². The number of esters is 1. The Bertz CT molecular complexity index is 1590. The van der Waals surface area contributed by atoms with Crippen LogP contribution in [0.5, 0.6) is 5.75 Å². The third-order valence-electron chi connectivity index (χ3n) is 8.93. The Morgan fingerprint density at radius 1 is 1.07 bits per heavy atom. The fourth-order valence-electron chi connectivity index (χ4n) is 7.64. The van der Waals surface area contributed by atoms with Crippen molar-refractivity contribution in [3.8, 4) is 17.1 Å². The number of benzene rings is 1. The van der Waals surface area contributed by atoms with Crippen LogP contribution in [0.4, 0.5) is 23.1 Å². The molecule has 2 N–H and O–H groups in total. The van der Waals surface area contributed by atoms with Crippen LogP contribution in [0.15, 0.2) is 43.1 Å². The number of rotatable bonds is 9. The Kier molecular flexibility index (Phi) is 6.55. The number of aryl methyl sites for hydroxylation is 1. The second kappa shape index (κ2) is 10.4. The predicted molar refractivity (Wildman–Crippen MR) is 156 cm³/mol. The van der Waals surface area contributed by atoms with Crippen LogP contribution < -0.4 is 15.4 Å². The Morgan fingerprint density at radius 2 is 1.83 bits per heavy atom. The van der Waals surface area contributed by atoms with Gasteiger partial charge in [0.15, 0.2) is 17.4 Å². The minimum atomic E-state index is -0.525. The van der Waals surface area contributed by atoms with Crippen molar-refractivity contribution in [2.75, 3.05) is 24.4 Å². The summed E-state index contributed by atoms with van der Waals surface area (Å²) in [6, 6.07) is 5.57. The molecule has 0 amide bonds. The maximum atomic E-state index is 12.8. The van der Waals surface area contributed by atoms with Gasteiger partial charge in [-0.05, 0) is 75.3 Å². The van der Waals surface area contributed by atoms with E-state index in [9.17, 15) is 4.79 Å². The number of hydrogen-bond acceptors (Lipinski definition) is 10. The molecule has 4 saturated carbocycles. The number of hydrogen-bond donors (Lipinski definition) is 2. The van der Waals surface area contributed by atoms with Crippen LogP contribution in [0.3, 0.4) is 0 Å². The molecule has 0 aliphatic heterocycles. The largest absolute Gasteiger partial charge is 0.494 e. The molecule has 4 aromatic rings. The van der Waals surface area contributed by atoms with Gasteiger partial charge in [-0.25, -0.2) is 14.8 Å². The zero-order valence-electron chi connectivity index (χ0n) is 24.1. The first-order valence-corrected chi connectivity index (χ1v) is 14.6. The maximum Gasteiger partial charge on any atom is 0.343 e. The molecule has 4 bridgehead atoms. The van der Waals surface area contributed by atoms with Gasteiger partial charge >= 0.3 is 5.97 Å². The van der Waals surface area contributed by atoms with E-state index in [0.717, 1.165) is 23.4 Å². The van der Waals surface area contributed by atoms with Gasteiger partial charge < -0.3 is 20.1 Å². The van der Waals surface area contributed by atoms with Gasteiger partial charge in [-0.1, -0.05) is 6.07 Å². The van der Waals surface area contributed by atoms with E-state index in [-0.39, 0.29) is 23.5 Å². The van der Waals surface area contributed by atoms with Crippen molar-refractivity contribution in [1.29, 1.82) is 0 Å². The highest BCUT2D eigenvalue weighted by Crippen LogP contribution is 2.58. The molecule has 0 atom stereocenters. The summed E-state index contributed by atoms with van der Waals surface area (Å²) >= 11 is 0. The second-order valence-corrected chi connectivity index (χ2v) is 11.9. The normalized spacial score (nSPS) is 24.0. The van der Waals surface area contributed by atoms with Crippen LogP contribution in [0, 0.1) is 17.8 Å². The van der Waals surface area contributed by atoms with E-state index in [2.05, 4.69) is 41.6 Å². The maximum absolute atomic E-state index is 12.8. The lowest BCUT2D eigenvalue weighted by Gasteiger charge is -2.56. The van der Waals surface area contributed by atoms with E-state index >= 15 is 0 Å². The Balaban J connectivity index is 1.18. The molecule has 0 spiro atoms. The minimum absolute atomic E-state index is 0.125. The monoisotopic (exact) mass is 569 g/mol. The van der Waals surface area contributed by atoms with Gasteiger partial charge in [-0.2, -0.15) is 15.2 Å². The molecule has 12 nitrogen and oxygen atoms in total. The van der Waals surface area contributed by atoms with Crippen molar-refractivity contribution in [3.05, 3.63) is 48.7 Å². The van der Waals surface area contributed by atoms with Gasteiger partial charge in [0.1, 0.15) is 11.9 Å². The van der Waals surface area contributed by atoms with E-state index in [4.69, 9.17) is 14.6 Å². The van der Waals surface area contributed by atoms with Crippen molar-refractivity contribution in [2.45, 2.75) is 51.0 Å². The number of carbonyl (C=O) groups excluding carboxylic acids is 1. The van der Waals surface area contributed by atoms with Gasteiger partial charge in [0.05, 0.1) is 42.4 Å². The third kappa shape index (κ3) is 4.74. The lowest BCUT2D eigenvalue weighted by molar-refractivity contribution is -0.0493. The van der Waals surface area contributed by atoms with Crippen LogP contribution in [-0.2, 0) is 17.3 Å². The zero-order chi connectivity index (χ0) is 28.8. The summed E-state index contributed by atoms with van der Waals surface area (Å²) in [5, 5.41) is 15.8. The minimum Gasteiger partial charge on any atom is -0.494 e. The number of aromatic nitrogens is 7. The summed E-state index contributed by atoms with van der Waals surface area (Å²) in [7, 11) is 3.38. The summed E-state index contributed by atoms with van der Waals surface area (Å²) in [5.41, 5.74) is 2.43. The van der Waals surface area contributed by atoms with Gasteiger partial charge in [-0.15, -0.1) is 0 Å². The van der Waals surface area contributed by atoms with Crippen LogP contribution in [-0.4, -0.2) is 54.2 Å². The van der Waals surface area contributed by atoms with E-state index < -0.39 is 5.97 Å². The van der Waals surface area contributed by atoms with Crippen molar-refractivity contribution >= 4 is 29.1 Å². The Hall–Kier alpha value is -4.48. The van der Waals surface area contributed by atoms with Crippen LogP contribution >= 0.6 is 0 Å². The number of methoxy groups -OCH3 is 1. The smallest absolute Gasteiger partial charge is 0.343 e. The molecule has 3 heterocycles. The number of carbonyl (C=O) groups is 1. The van der Waals surface area contributed by atoms with Gasteiger partial charge in [0, 0.05) is 19.4 Å². The summed E-state index contributed by atoms with van der Waals surface area (Å²) in [6.45, 7) is 1.99. The van der Waals surface area contributed by atoms with E-state index in [1.54, 1.807) is 32.1 Å². The Labute approximate surface area is 243 Å². The van der Waals surface area contributed by atoms with Crippen LogP contribution in [0.25, 0.3) is 11.4 Å². The highest BCUT2D eigenvalue weighted by molar-refractivity contribution is 5.96. The number of nitrogens with one attached hydrogen (secondary N) is 2. The number of nitrogens with zero attached hydrogens (tertiary/aromatic N) is 7. The molecule has 8 rings (SSSR count). The molecule has 12 heteroatoms. The molecule has 0 saturated heterocycles. The third-order valence-corrected chi connectivity index (χ3v) is 8.93. The highest BCUT2D eigenvalue weighted by Gasteiger charge is 2.52. The van der Waals surface area contributed by atoms with Crippen molar-refractivity contribution in [1.82, 2.24) is 34.5 Å². The molecule has 3 aromatic heterocycles. The molecule has 4 aliphatic rings. The first kappa shape index (κ1) is 26.4. The van der Waals surface area contributed by atoms with Crippen molar-refractivity contribution < 1.29 is 14.3 Å². The first-order valence-electron chi connectivity index (χ1n) is 14.6. The van der Waals surface area contributed by atoms with Crippen molar-refractivity contribution in [2.24, 2.45) is 24.8 Å². The molecule has 218 valence electrons. The predicted octanol–water partition coefficient (Wildman–Crippen LogP) is 5.07. The topological polar surface area (TPSA) is 134 Å². The molecular formula is C30H35N9O3. The fraction of sp³-hybridized carbons (Fsp3) is 0.467. The average Bonchev–Trinajstić information content (AvgIpc) is 3.62. The van der Waals surface area contributed by atoms with Gasteiger partial charge in [0.25, 0.3) is 0 Å². The van der Waals surface area contributed by atoms with E-state index in [1.807, 2.05) is 24.4 Å². The molecule has 0 unspecified atom stereocenters. The van der Waals surface area contributed by atoms with Crippen LogP contribution in [0.1, 0.15) is 55.8 Å². The lowest BCUT2D eigenvalue weighted by atomic mass is 9.53. The SMILES string of the molecule is CCOC(=O)c1cnc(Nc2cnn(C34CC5CC(CC(C5)C3)C4)c2)nc1Nc1cccc(-c2ncn(C)n2)c1OC. The first-order chi connectivity index (χ1) is 20.4. The average molecular weight is 570 g/mol. The second-order valence-electron chi connectivity index (χ2n) is 11.9. The summed E-state index contributed by atoms with van der Waals surface area (Å²) in [5.74, 6) is 3.60. The Morgan fingerprint density at radius 3 is 2.50 bits per heavy atom. The number of ether oxygens (including phenoxy) is 2. The fourth-order valence-corrected chi connectivity index (χ4v) is 7.64. The van der Waals surface area contributed by atoms with Gasteiger partial charge in [-0.3, -0.25) is 9.36 Å². The van der Waals surface area contributed by atoms with E-state index in [0.29, 0.717) is 28.8 Å². The quantitative estimate of drug-likeness (QED) is 0.263. The highest BCUT2D eigenvalue weighted by atomic mass is 16.5. The number of para-hydroxylation sites is 1. The zero-order valence-corrected chi connectivity index (χ0v) is 24.1.